The maximum absolute atomic E-state index is 12.5. The molecule has 0 amide bonds. The van der Waals surface area contributed by atoms with Crippen LogP contribution in [0.2, 0.25) is 0 Å². The van der Waals surface area contributed by atoms with E-state index in [4.69, 9.17) is 13.7 Å². The van der Waals surface area contributed by atoms with Gasteiger partial charge in [-0.15, -0.1) is 0 Å². The molecule has 2 aromatic rings. The highest BCUT2D eigenvalue weighted by Gasteiger charge is 2.34. The number of rotatable bonds is 8. The molecule has 182 valence electrons. The Morgan fingerprint density at radius 1 is 1.21 bits per heavy atom. The lowest BCUT2D eigenvalue weighted by Gasteiger charge is -2.39. The van der Waals surface area contributed by atoms with Gasteiger partial charge in [-0.1, -0.05) is 20.8 Å². The van der Waals surface area contributed by atoms with Crippen molar-refractivity contribution in [3.05, 3.63) is 45.7 Å². The summed E-state index contributed by atoms with van der Waals surface area (Å²) < 4.78 is 28.6. The Balaban J connectivity index is 2.02. The summed E-state index contributed by atoms with van der Waals surface area (Å²) in [6.45, 7) is 6.67. The molecule has 9 heteroatoms. The lowest BCUT2D eigenvalue weighted by molar-refractivity contribution is 0.0693. The number of aromatic nitrogens is 1. The summed E-state index contributed by atoms with van der Waals surface area (Å²) in [4.78, 5) is 24.1. The van der Waals surface area contributed by atoms with Gasteiger partial charge in [0, 0.05) is 35.9 Å². The highest BCUT2D eigenvalue weighted by Crippen LogP contribution is 2.46. The van der Waals surface area contributed by atoms with Crippen LogP contribution in [0.3, 0.4) is 0 Å². The molecule has 1 aliphatic heterocycles. The first kappa shape index (κ1) is 25.1. The molecule has 1 aromatic heterocycles. The van der Waals surface area contributed by atoms with Crippen LogP contribution in [0, 0.1) is 5.41 Å². The molecule has 33 heavy (non-hydrogen) atoms. The van der Waals surface area contributed by atoms with Crippen molar-refractivity contribution < 1.29 is 28.1 Å². The van der Waals surface area contributed by atoms with E-state index in [0.29, 0.717) is 42.4 Å². The Hall–Kier alpha value is -2.49. The molecule has 0 saturated heterocycles. The van der Waals surface area contributed by atoms with E-state index in [2.05, 4.69) is 20.8 Å². The molecule has 2 N–H and O–H groups in total. The van der Waals surface area contributed by atoms with E-state index in [9.17, 15) is 19.2 Å². The number of carbonyl (C=O) groups is 1. The summed E-state index contributed by atoms with van der Waals surface area (Å²) in [7, 11) is 0.988. The Morgan fingerprint density at radius 2 is 1.91 bits per heavy atom. The second-order valence-corrected chi connectivity index (χ2v) is 12.1. The highest BCUT2D eigenvalue weighted by atomic mass is 32.3. The van der Waals surface area contributed by atoms with Gasteiger partial charge in [0.05, 0.1) is 26.5 Å². The predicted molar refractivity (Wildman–Crippen MR) is 130 cm³/mol. The minimum Gasteiger partial charge on any atom is -0.493 e. The Kier molecular flexibility index (Phi) is 7.16. The first-order chi connectivity index (χ1) is 15.4. The van der Waals surface area contributed by atoms with Crippen molar-refractivity contribution in [3.8, 4) is 22.8 Å². The maximum Gasteiger partial charge on any atom is 0.341 e. The second-order valence-electron chi connectivity index (χ2n) is 9.43. The van der Waals surface area contributed by atoms with E-state index < -0.39 is 22.0 Å². The summed E-state index contributed by atoms with van der Waals surface area (Å²) in [5, 5.41) is 9.47. The van der Waals surface area contributed by atoms with Gasteiger partial charge < -0.3 is 19.1 Å². The number of hydrogen-bond donors (Lipinski definition) is 2. The van der Waals surface area contributed by atoms with Gasteiger partial charge in [0.1, 0.15) is 5.56 Å². The fraction of sp³-hybridized carbons (Fsp3) is 0.500. The first-order valence-corrected chi connectivity index (χ1v) is 12.8. The van der Waals surface area contributed by atoms with Gasteiger partial charge in [-0.2, -0.15) is 10.6 Å². The standard InChI is InChI=1S/C24H33NO7S/c1-24(2,3)22-11-15-10-21(32-8-7-9-33(6,29)31-5)20(30-4)12-16(15)18-13-19(26)17(23(27)28)14-25(18)22/h10,12-14,22,29H,7-9,11H2,1-6H3,(H,27,28). The Bertz CT molecular complexity index is 1100. The number of ether oxygens (including phenoxy) is 2. The predicted octanol–water partition coefficient (Wildman–Crippen LogP) is 4.60. The number of carboxylic acid groups (broad SMARTS) is 1. The Morgan fingerprint density at radius 3 is 2.48 bits per heavy atom. The summed E-state index contributed by atoms with van der Waals surface area (Å²) in [5.74, 6) is 0.388. The number of nitrogens with zero attached hydrogens (tertiary/aromatic N) is 1. The van der Waals surface area contributed by atoms with Gasteiger partial charge in [0.25, 0.3) is 0 Å². The van der Waals surface area contributed by atoms with Gasteiger partial charge >= 0.3 is 5.97 Å². The molecule has 2 heterocycles. The Labute approximate surface area is 195 Å². The average Bonchev–Trinajstić information content (AvgIpc) is 2.74. The van der Waals surface area contributed by atoms with Gasteiger partial charge in [-0.3, -0.25) is 13.5 Å². The van der Waals surface area contributed by atoms with Crippen LogP contribution in [-0.4, -0.2) is 53.0 Å². The smallest absolute Gasteiger partial charge is 0.341 e. The van der Waals surface area contributed by atoms with Gasteiger partial charge in [-0.25, -0.2) is 4.79 Å². The molecular formula is C24H33NO7S. The molecule has 0 saturated carbocycles. The fourth-order valence-corrected chi connectivity index (χ4v) is 4.91. The number of aromatic carboxylic acids is 1. The van der Waals surface area contributed by atoms with Crippen LogP contribution < -0.4 is 14.9 Å². The number of hydrogen-bond acceptors (Lipinski definition) is 6. The lowest BCUT2D eigenvalue weighted by atomic mass is 9.78. The normalized spacial score (nSPS) is 18.0. The molecule has 0 aliphatic carbocycles. The van der Waals surface area contributed by atoms with Crippen LogP contribution >= 0.6 is 10.6 Å². The van der Waals surface area contributed by atoms with E-state index >= 15 is 0 Å². The number of fused-ring (bicyclic) bond motifs is 3. The van der Waals surface area contributed by atoms with Crippen molar-refractivity contribution in [3.63, 3.8) is 0 Å². The molecule has 0 spiro atoms. The zero-order chi connectivity index (χ0) is 24.6. The van der Waals surface area contributed by atoms with Crippen LogP contribution in [-0.2, 0) is 10.6 Å². The summed E-state index contributed by atoms with van der Waals surface area (Å²) in [5.41, 5.74) is 1.53. The van der Waals surface area contributed by atoms with Crippen LogP contribution in [0.1, 0.15) is 49.2 Å². The maximum atomic E-state index is 12.5. The molecule has 8 nitrogen and oxygen atoms in total. The van der Waals surface area contributed by atoms with E-state index in [0.717, 1.165) is 11.1 Å². The molecular weight excluding hydrogens is 446 g/mol. The van der Waals surface area contributed by atoms with Crippen molar-refractivity contribution in [1.82, 2.24) is 4.57 Å². The van der Waals surface area contributed by atoms with Crippen LogP contribution in [0.15, 0.2) is 29.2 Å². The molecule has 1 aromatic carbocycles. The number of carboxylic acids is 1. The van der Waals surface area contributed by atoms with Crippen molar-refractivity contribution in [2.24, 2.45) is 5.41 Å². The minimum absolute atomic E-state index is 0.0552. The van der Waals surface area contributed by atoms with E-state index in [1.807, 2.05) is 16.7 Å². The molecule has 0 bridgehead atoms. The SMILES string of the molecule is COc1cc2c(cc1OCCCS(C)(O)OC)CC(C(C)(C)C)n1cc(C(=O)O)c(=O)cc1-2. The quantitative estimate of drug-likeness (QED) is 0.533. The number of pyridine rings is 1. The number of methoxy groups -OCH3 is 1. The zero-order valence-electron chi connectivity index (χ0n) is 20.0. The molecule has 0 radical (unpaired) electrons. The van der Waals surface area contributed by atoms with E-state index in [1.54, 1.807) is 13.4 Å². The van der Waals surface area contributed by atoms with Crippen LogP contribution in [0.5, 0.6) is 11.5 Å². The van der Waals surface area contributed by atoms with Crippen molar-refractivity contribution in [1.29, 1.82) is 0 Å². The summed E-state index contributed by atoms with van der Waals surface area (Å²) in [6, 6.07) is 5.12. The molecule has 0 fully saturated rings. The summed E-state index contributed by atoms with van der Waals surface area (Å²) in [6.07, 6.45) is 4.42. The fourth-order valence-electron chi connectivity index (χ4n) is 4.09. The topological polar surface area (TPSA) is 107 Å². The molecule has 2 atom stereocenters. The lowest BCUT2D eigenvalue weighted by Crippen LogP contribution is -2.32. The van der Waals surface area contributed by atoms with E-state index in [-0.39, 0.29) is 17.0 Å². The van der Waals surface area contributed by atoms with Crippen molar-refractivity contribution in [2.75, 3.05) is 32.8 Å². The number of benzene rings is 1. The monoisotopic (exact) mass is 479 g/mol. The minimum atomic E-state index is -2.06. The molecule has 2 unspecified atom stereocenters. The van der Waals surface area contributed by atoms with Crippen LogP contribution in [0.4, 0.5) is 0 Å². The summed E-state index contributed by atoms with van der Waals surface area (Å²) >= 11 is 0. The average molecular weight is 480 g/mol. The third-order valence-corrected chi connectivity index (χ3v) is 7.77. The molecule has 3 rings (SSSR count). The van der Waals surface area contributed by atoms with Gasteiger partial charge in [0.2, 0.25) is 0 Å². The second kappa shape index (κ2) is 9.40. The van der Waals surface area contributed by atoms with Gasteiger partial charge in [-0.05, 0) is 36.0 Å². The zero-order valence-corrected chi connectivity index (χ0v) is 20.8. The van der Waals surface area contributed by atoms with E-state index in [1.165, 1.54) is 19.4 Å². The molecule has 1 aliphatic rings. The van der Waals surface area contributed by atoms with Crippen molar-refractivity contribution in [2.45, 2.75) is 39.7 Å². The van der Waals surface area contributed by atoms with Crippen LogP contribution in [0.25, 0.3) is 11.3 Å². The largest absolute Gasteiger partial charge is 0.493 e. The highest BCUT2D eigenvalue weighted by molar-refractivity contribution is 8.24. The third kappa shape index (κ3) is 5.37. The van der Waals surface area contributed by atoms with Crippen molar-refractivity contribution >= 4 is 16.6 Å². The third-order valence-electron chi connectivity index (χ3n) is 6.01. The first-order valence-electron chi connectivity index (χ1n) is 10.8. The van der Waals surface area contributed by atoms with Gasteiger partial charge in [0.15, 0.2) is 16.9 Å².